The van der Waals surface area contributed by atoms with E-state index in [1.54, 1.807) is 23.3 Å². The van der Waals surface area contributed by atoms with Crippen molar-refractivity contribution in [3.8, 4) is 0 Å². The first kappa shape index (κ1) is 70.1. The molecule has 0 aliphatic carbocycles. The zero-order valence-electron chi connectivity index (χ0n) is 43.6. The van der Waals surface area contributed by atoms with Crippen LogP contribution in [0, 0.1) is 56.2 Å². The van der Waals surface area contributed by atoms with E-state index in [9.17, 15) is 17.2 Å². The molecule has 0 amide bonds. The normalized spacial score (nSPS) is 13.7. The predicted octanol–water partition coefficient (Wildman–Crippen LogP) is 15.2. The summed E-state index contributed by atoms with van der Waals surface area (Å²) in [5, 5.41) is 0. The molecule has 1 atom stereocenters. The van der Waals surface area contributed by atoms with Gasteiger partial charge in [0.1, 0.15) is 0 Å². The first-order valence-electron chi connectivity index (χ1n) is 21.5. The zero-order chi connectivity index (χ0) is 46.6. The summed E-state index contributed by atoms with van der Waals surface area (Å²) >= 11 is 1.67. The van der Waals surface area contributed by atoms with E-state index >= 15 is 0 Å². The minimum atomic E-state index is -2.90. The molecule has 0 aromatic carbocycles. The van der Waals surface area contributed by atoms with Crippen LogP contribution in [0.3, 0.4) is 0 Å². The number of hydrogen-bond acceptors (Lipinski definition) is 4. The van der Waals surface area contributed by atoms with E-state index in [0.29, 0.717) is 16.7 Å². The van der Waals surface area contributed by atoms with E-state index in [4.69, 9.17) is 0 Å². The standard InChI is InChI=1S/C11H25OP.C10H22O2S.C10H21.C9H20OS.C8H16.V.W/c1-10(2,3)8-13(7,12)9-11(4,5)6;1-9(2,3)7-13(11,12)8-10(4,5)6;1-9(2)7-6-8-10(3,4)5;1-8(2)6-11(10)7-9(3,4)5;1-5-6-7-8(2,3)4;;/h8-9H2,1-7H3;7-8H2,1-6H3;6,9H,7-8H2,1-5H3;8H,6-7H2,1-5H3;5,7H2,1-4H3;;/q;;-1;;;;. The molecule has 0 aromatic rings. The van der Waals surface area contributed by atoms with Crippen LogP contribution in [-0.2, 0) is 63.1 Å². The van der Waals surface area contributed by atoms with Crippen molar-refractivity contribution in [3.63, 3.8) is 0 Å². The van der Waals surface area contributed by atoms with E-state index in [2.05, 4.69) is 145 Å². The van der Waals surface area contributed by atoms with Crippen LogP contribution in [0.1, 0.15) is 206 Å². The molecule has 0 aliphatic rings. The Hall–Kier alpha value is 1.47. The summed E-state index contributed by atoms with van der Waals surface area (Å²) in [6.45, 7) is 57.7. The molecule has 0 N–H and O–H groups in total. The summed E-state index contributed by atoms with van der Waals surface area (Å²) in [5.74, 6) is 3.59. The molecule has 0 heterocycles. The maximum Gasteiger partial charge on any atom is 0 e. The fraction of sp³-hybridized carbons (Fsp3) is 0.958. The molecule has 0 bridgehead atoms. The van der Waals surface area contributed by atoms with Gasteiger partial charge in [0.25, 0.3) is 0 Å². The smallest absolute Gasteiger partial charge is 0 e. The van der Waals surface area contributed by atoms with Gasteiger partial charge in [-0.1, -0.05) is 164 Å². The van der Waals surface area contributed by atoms with Crippen molar-refractivity contribution in [1.82, 2.24) is 0 Å². The Morgan fingerprint density at radius 1 is 0.614 bits per heavy atom. The van der Waals surface area contributed by atoms with Crippen LogP contribution in [0.15, 0.2) is 0 Å². The summed E-state index contributed by atoms with van der Waals surface area (Å²) in [7, 11) is -5.45. The Labute approximate surface area is 387 Å². The van der Waals surface area contributed by atoms with Gasteiger partial charge in [0, 0.05) is 53.2 Å². The SMILES string of the molecule is CC(C)(C)CP(C)(=O)CC(C)(C)C.CC(C)(C)CS(=O)(=O)CC(C)(C)C.CC(C)CS(=O)CC(C)(C)C.CC(C)C[CH-]CC(C)(C)C.CC[C](=[W])CC(C)(C)C.[V]. The quantitative estimate of drug-likeness (QED) is 0.144. The van der Waals surface area contributed by atoms with E-state index in [-0.39, 0.29) is 57.1 Å². The van der Waals surface area contributed by atoms with E-state index in [1.165, 1.54) is 25.7 Å². The van der Waals surface area contributed by atoms with Crippen LogP contribution in [0.2, 0.25) is 0 Å². The molecule has 0 aliphatic heterocycles. The number of hydrogen-bond donors (Lipinski definition) is 0. The van der Waals surface area contributed by atoms with Crippen LogP contribution < -0.4 is 0 Å². The summed E-state index contributed by atoms with van der Waals surface area (Å²) in [4.78, 5) is 0. The molecule has 0 spiro atoms. The Morgan fingerprint density at radius 3 is 1.16 bits per heavy atom. The summed E-state index contributed by atoms with van der Waals surface area (Å²) < 4.78 is 48.6. The van der Waals surface area contributed by atoms with Crippen molar-refractivity contribution < 1.29 is 55.1 Å². The Bertz CT molecular complexity index is 1170. The molecular formula is C48H104O4PS2VW-. The molecule has 57 heavy (non-hydrogen) atoms. The van der Waals surface area contributed by atoms with E-state index < -0.39 is 27.8 Å². The van der Waals surface area contributed by atoms with Gasteiger partial charge in [-0.25, -0.2) is 8.42 Å². The van der Waals surface area contributed by atoms with E-state index in [0.717, 1.165) is 29.7 Å². The Kier molecular flexibility index (Phi) is 36.6. The minimum Gasteiger partial charge on any atom is 0 e. The fourth-order valence-corrected chi connectivity index (χ4v) is 16.2. The van der Waals surface area contributed by atoms with Gasteiger partial charge in [-0.15, -0.1) is 0 Å². The summed E-state index contributed by atoms with van der Waals surface area (Å²) in [6.07, 6.45) is 9.20. The molecule has 349 valence electrons. The van der Waals surface area contributed by atoms with Gasteiger partial charge in [0.2, 0.25) is 0 Å². The largest absolute Gasteiger partial charge is 0 e. The van der Waals surface area contributed by atoms with Crippen molar-refractivity contribution in [1.29, 1.82) is 0 Å². The zero-order valence-corrected chi connectivity index (χ0v) is 50.4. The topological polar surface area (TPSA) is 68.3 Å². The van der Waals surface area contributed by atoms with Gasteiger partial charge < -0.3 is 11.0 Å². The van der Waals surface area contributed by atoms with Gasteiger partial charge >= 0.3 is 69.2 Å². The number of sulfone groups is 1. The second-order valence-corrected chi connectivity index (χ2v) is 34.8. The maximum absolute atomic E-state index is 12.2. The average Bonchev–Trinajstić information content (AvgIpc) is 2.75. The molecule has 0 fully saturated rings. The summed E-state index contributed by atoms with van der Waals surface area (Å²) in [6, 6.07) is 0. The van der Waals surface area contributed by atoms with Crippen molar-refractivity contribution in [3.05, 3.63) is 6.42 Å². The monoisotopic (exact) mass is 1070 g/mol. The van der Waals surface area contributed by atoms with Gasteiger partial charge in [0.15, 0.2) is 9.84 Å². The number of rotatable bonds is 12. The maximum atomic E-state index is 12.2. The molecule has 1 radical (unpaired) electrons. The van der Waals surface area contributed by atoms with Crippen molar-refractivity contribution >= 4 is 31.7 Å². The molecule has 0 saturated carbocycles. The van der Waals surface area contributed by atoms with Crippen LogP contribution >= 0.6 is 7.14 Å². The Morgan fingerprint density at radius 2 is 0.965 bits per heavy atom. The van der Waals surface area contributed by atoms with E-state index in [1.807, 2.05) is 48.2 Å². The fourth-order valence-electron chi connectivity index (χ4n) is 5.91. The molecular weight excluding hydrogens is 970 g/mol. The van der Waals surface area contributed by atoms with Gasteiger partial charge in [-0.3, -0.25) is 4.21 Å². The molecule has 0 rings (SSSR count). The molecule has 4 nitrogen and oxygen atoms in total. The first-order chi connectivity index (χ1) is 24.0. The van der Waals surface area contributed by atoms with Crippen LogP contribution in [0.5, 0.6) is 0 Å². The second-order valence-electron chi connectivity index (χ2n) is 25.9. The Balaban J connectivity index is -0.000000143. The average molecular weight is 1080 g/mol. The third-order valence-electron chi connectivity index (χ3n) is 6.55. The van der Waals surface area contributed by atoms with Crippen molar-refractivity contribution in [2.75, 3.05) is 42.0 Å². The third kappa shape index (κ3) is 75.3. The van der Waals surface area contributed by atoms with Crippen molar-refractivity contribution in [2.24, 2.45) is 49.7 Å². The second kappa shape index (κ2) is 29.8. The minimum absolute atomic E-state index is 0. The molecule has 1 unspecified atom stereocenters. The van der Waals surface area contributed by atoms with Crippen LogP contribution in [0.4, 0.5) is 0 Å². The van der Waals surface area contributed by atoms with Crippen molar-refractivity contribution in [2.45, 2.75) is 206 Å². The van der Waals surface area contributed by atoms with Crippen LogP contribution in [-0.4, -0.2) is 58.5 Å². The first-order valence-corrected chi connectivity index (χ1v) is 28.8. The van der Waals surface area contributed by atoms with Gasteiger partial charge in [0.05, 0.1) is 18.6 Å². The molecule has 9 heteroatoms. The van der Waals surface area contributed by atoms with Crippen LogP contribution in [0.25, 0.3) is 0 Å². The van der Waals surface area contributed by atoms with Gasteiger partial charge in [-0.2, -0.15) is 12.8 Å². The molecule has 0 saturated heterocycles. The third-order valence-corrected chi connectivity index (χ3v) is 16.2. The predicted molar refractivity (Wildman–Crippen MR) is 259 cm³/mol. The van der Waals surface area contributed by atoms with Gasteiger partial charge in [-0.05, 0) is 39.7 Å². The molecule has 0 aromatic heterocycles. The summed E-state index contributed by atoms with van der Waals surface area (Å²) in [5.41, 5.74) is 1.31.